The van der Waals surface area contributed by atoms with Gasteiger partial charge in [-0.25, -0.2) is 12.8 Å². The first-order chi connectivity index (χ1) is 10.4. The fraction of sp³-hybridized carbons (Fsp3) is 0.188. The van der Waals surface area contributed by atoms with Gasteiger partial charge in [-0.1, -0.05) is 23.7 Å². The summed E-state index contributed by atoms with van der Waals surface area (Å²) in [7, 11) is -3.63. The molecule has 0 N–H and O–H groups in total. The molecule has 3 atom stereocenters. The molecular weight excluding hydrogens is 325 g/mol. The lowest BCUT2D eigenvalue weighted by molar-refractivity contribution is 0.593. The molecule has 2 aromatic rings. The maximum absolute atomic E-state index is 13.0. The van der Waals surface area contributed by atoms with Crippen LogP contribution in [0.3, 0.4) is 0 Å². The number of halogens is 2. The van der Waals surface area contributed by atoms with Crippen LogP contribution in [0.15, 0.2) is 53.4 Å². The minimum absolute atomic E-state index is 0.145. The molecule has 0 aromatic heterocycles. The van der Waals surface area contributed by atoms with Crippen LogP contribution in [-0.2, 0) is 9.84 Å². The fourth-order valence-electron chi connectivity index (χ4n) is 2.69. The quantitative estimate of drug-likeness (QED) is 0.861. The van der Waals surface area contributed by atoms with Gasteiger partial charge in [0.15, 0.2) is 9.84 Å². The smallest absolute Gasteiger partial charge is 0.183 e. The molecule has 1 aliphatic carbocycles. The monoisotopic (exact) mass is 335 g/mol. The van der Waals surface area contributed by atoms with Gasteiger partial charge in [-0.05, 0) is 42.0 Å². The molecule has 3 rings (SSSR count). The minimum Gasteiger partial charge on any atom is -0.223 e. The molecule has 0 saturated heterocycles. The molecule has 22 heavy (non-hydrogen) atoms. The summed E-state index contributed by atoms with van der Waals surface area (Å²) in [5, 5.41) is 8.85. The highest BCUT2D eigenvalue weighted by Crippen LogP contribution is 2.53. The van der Waals surface area contributed by atoms with Crippen molar-refractivity contribution in [2.24, 2.45) is 5.92 Å². The molecule has 0 radical (unpaired) electrons. The normalized spacial score (nSPS) is 23.8. The summed E-state index contributed by atoms with van der Waals surface area (Å²) in [5.41, 5.74) is 0.662. The van der Waals surface area contributed by atoms with E-state index < -0.39 is 32.7 Å². The van der Waals surface area contributed by atoms with E-state index in [1.807, 2.05) is 6.07 Å². The Kier molecular flexibility index (Phi) is 3.67. The number of nitrogens with zero attached hydrogens (tertiary/aromatic N) is 1. The Morgan fingerprint density at radius 1 is 1.05 bits per heavy atom. The number of sulfone groups is 1. The van der Waals surface area contributed by atoms with Crippen LogP contribution >= 0.6 is 11.6 Å². The molecule has 0 amide bonds. The highest BCUT2D eigenvalue weighted by molar-refractivity contribution is 7.92. The van der Waals surface area contributed by atoms with E-state index in [9.17, 15) is 18.1 Å². The lowest BCUT2D eigenvalue weighted by Gasteiger charge is -2.04. The molecule has 0 spiro atoms. The zero-order chi connectivity index (χ0) is 15.9. The van der Waals surface area contributed by atoms with Crippen molar-refractivity contribution in [1.29, 1.82) is 5.26 Å². The Labute approximate surface area is 132 Å². The van der Waals surface area contributed by atoms with Gasteiger partial charge in [-0.15, -0.1) is 0 Å². The van der Waals surface area contributed by atoms with Crippen LogP contribution in [0.2, 0.25) is 5.02 Å². The summed E-state index contributed by atoms with van der Waals surface area (Å²) in [4.78, 5) is 0.145. The average Bonchev–Trinajstić information content (AvgIpc) is 3.24. The van der Waals surface area contributed by atoms with E-state index >= 15 is 0 Å². The van der Waals surface area contributed by atoms with E-state index in [2.05, 4.69) is 0 Å². The molecular formula is C16H11ClFNO2S. The SMILES string of the molecule is N#CC1C(c2ccc(F)cc2)C1S(=O)(=O)c1ccc(Cl)cc1. The second kappa shape index (κ2) is 5.38. The average molecular weight is 336 g/mol. The summed E-state index contributed by atoms with van der Waals surface area (Å²) >= 11 is 5.77. The van der Waals surface area contributed by atoms with Crippen molar-refractivity contribution in [1.82, 2.24) is 0 Å². The molecule has 2 aromatic carbocycles. The van der Waals surface area contributed by atoms with Crippen LogP contribution in [0.1, 0.15) is 11.5 Å². The second-order valence-electron chi connectivity index (χ2n) is 5.20. The van der Waals surface area contributed by atoms with Gasteiger partial charge in [0.25, 0.3) is 0 Å². The molecule has 1 aliphatic rings. The van der Waals surface area contributed by atoms with Crippen molar-refractivity contribution in [3.8, 4) is 6.07 Å². The predicted octanol–water partition coefficient (Wildman–Crippen LogP) is 3.56. The molecule has 1 fully saturated rings. The van der Waals surface area contributed by atoms with Gasteiger partial charge in [-0.2, -0.15) is 5.26 Å². The third-order valence-corrected chi connectivity index (χ3v) is 6.34. The predicted molar refractivity (Wildman–Crippen MR) is 80.7 cm³/mol. The maximum atomic E-state index is 13.0. The summed E-state index contributed by atoms with van der Waals surface area (Å²) in [6, 6.07) is 13.5. The van der Waals surface area contributed by atoms with Crippen molar-refractivity contribution < 1.29 is 12.8 Å². The summed E-state index contributed by atoms with van der Waals surface area (Å²) < 4.78 is 38.3. The summed E-state index contributed by atoms with van der Waals surface area (Å²) in [6.45, 7) is 0. The van der Waals surface area contributed by atoms with Crippen LogP contribution in [-0.4, -0.2) is 13.7 Å². The third-order valence-electron chi connectivity index (χ3n) is 3.86. The lowest BCUT2D eigenvalue weighted by atomic mass is 10.1. The first-order valence-electron chi connectivity index (χ1n) is 6.59. The van der Waals surface area contributed by atoms with Gasteiger partial charge in [0, 0.05) is 10.9 Å². The van der Waals surface area contributed by atoms with Crippen molar-refractivity contribution in [3.63, 3.8) is 0 Å². The molecule has 112 valence electrons. The first kappa shape index (κ1) is 15.0. The van der Waals surface area contributed by atoms with Gasteiger partial charge in [0.05, 0.1) is 22.1 Å². The van der Waals surface area contributed by atoms with Gasteiger partial charge < -0.3 is 0 Å². The number of rotatable bonds is 3. The highest BCUT2D eigenvalue weighted by atomic mass is 35.5. The van der Waals surface area contributed by atoms with E-state index in [1.54, 1.807) is 0 Å². The van der Waals surface area contributed by atoms with Crippen molar-refractivity contribution in [2.45, 2.75) is 16.1 Å². The van der Waals surface area contributed by atoms with E-state index in [-0.39, 0.29) is 4.90 Å². The Balaban J connectivity index is 1.95. The number of hydrogen-bond donors (Lipinski definition) is 0. The molecule has 0 heterocycles. The van der Waals surface area contributed by atoms with Crippen LogP contribution in [0, 0.1) is 23.1 Å². The molecule has 0 aliphatic heterocycles. The maximum Gasteiger partial charge on any atom is 0.183 e. The van der Waals surface area contributed by atoms with Crippen LogP contribution in [0.25, 0.3) is 0 Å². The molecule has 0 bridgehead atoms. The molecule has 3 nitrogen and oxygen atoms in total. The van der Waals surface area contributed by atoms with Crippen molar-refractivity contribution in [3.05, 3.63) is 64.9 Å². The van der Waals surface area contributed by atoms with E-state index in [1.165, 1.54) is 48.5 Å². The molecule has 6 heteroatoms. The zero-order valence-corrected chi connectivity index (χ0v) is 12.9. The fourth-order valence-corrected chi connectivity index (χ4v) is 4.88. The topological polar surface area (TPSA) is 57.9 Å². The molecule has 3 unspecified atom stereocenters. The van der Waals surface area contributed by atoms with Crippen molar-refractivity contribution in [2.75, 3.05) is 0 Å². The third kappa shape index (κ3) is 2.49. The lowest BCUT2D eigenvalue weighted by Crippen LogP contribution is -2.10. The minimum atomic E-state index is -3.63. The van der Waals surface area contributed by atoms with E-state index in [0.717, 1.165) is 0 Å². The van der Waals surface area contributed by atoms with Gasteiger partial charge in [0.2, 0.25) is 0 Å². The number of benzene rings is 2. The Bertz CT molecular complexity index is 841. The Hall–Kier alpha value is -1.90. The van der Waals surface area contributed by atoms with Crippen molar-refractivity contribution >= 4 is 21.4 Å². The van der Waals surface area contributed by atoms with Crippen LogP contribution < -0.4 is 0 Å². The standard InChI is InChI=1S/C16H11ClFNO2S/c17-11-3-7-13(8-4-11)22(20,21)16-14(9-19)15(16)10-1-5-12(18)6-2-10/h1-8,14-16H. The van der Waals surface area contributed by atoms with E-state index in [0.29, 0.717) is 10.6 Å². The van der Waals surface area contributed by atoms with Crippen LogP contribution in [0.5, 0.6) is 0 Å². The van der Waals surface area contributed by atoms with Gasteiger partial charge in [0.1, 0.15) is 5.82 Å². The number of hydrogen-bond acceptors (Lipinski definition) is 3. The summed E-state index contributed by atoms with van der Waals surface area (Å²) in [5.74, 6) is -1.44. The van der Waals surface area contributed by atoms with Crippen LogP contribution in [0.4, 0.5) is 4.39 Å². The Morgan fingerprint density at radius 3 is 2.18 bits per heavy atom. The van der Waals surface area contributed by atoms with Gasteiger partial charge in [-0.3, -0.25) is 0 Å². The second-order valence-corrected chi connectivity index (χ2v) is 7.74. The Morgan fingerprint density at radius 2 is 1.64 bits per heavy atom. The number of nitriles is 1. The largest absolute Gasteiger partial charge is 0.223 e. The van der Waals surface area contributed by atoms with E-state index in [4.69, 9.17) is 11.6 Å². The summed E-state index contributed by atoms with van der Waals surface area (Å²) in [6.07, 6.45) is 0. The molecule has 1 saturated carbocycles. The first-order valence-corrected chi connectivity index (χ1v) is 8.52. The van der Waals surface area contributed by atoms with Gasteiger partial charge >= 0.3 is 0 Å². The highest BCUT2D eigenvalue weighted by Gasteiger charge is 2.59. The zero-order valence-electron chi connectivity index (χ0n) is 11.3.